The monoisotopic (exact) mass is 467 g/mol. The first kappa shape index (κ1) is 22.2. The van der Waals surface area contributed by atoms with Gasteiger partial charge in [0.05, 0.1) is 11.2 Å². The van der Waals surface area contributed by atoms with Crippen molar-refractivity contribution >= 4 is 29.1 Å². The number of rotatable bonds is 7. The maximum absolute atomic E-state index is 13.2. The second kappa shape index (κ2) is 9.32. The highest BCUT2D eigenvalue weighted by Gasteiger charge is 2.39. The molecule has 3 amide bonds. The Morgan fingerprint density at radius 3 is 2.82 bits per heavy atom. The summed E-state index contributed by atoms with van der Waals surface area (Å²) in [6.07, 6.45) is 1.83. The Morgan fingerprint density at radius 2 is 2.09 bits per heavy atom. The van der Waals surface area contributed by atoms with E-state index >= 15 is 0 Å². The van der Waals surface area contributed by atoms with Crippen LogP contribution in [0.25, 0.3) is 0 Å². The lowest BCUT2D eigenvalue weighted by molar-refractivity contribution is -0.136. The van der Waals surface area contributed by atoms with Crippen LogP contribution in [-0.4, -0.2) is 58.2 Å². The summed E-state index contributed by atoms with van der Waals surface area (Å²) in [5, 5.41) is 5.82. The third-order valence-electron chi connectivity index (χ3n) is 6.89. The molecule has 0 radical (unpaired) electrons. The lowest BCUT2D eigenvalue weighted by atomic mass is 10.0. The number of carbonyl (C=O) groups is 3. The van der Waals surface area contributed by atoms with Crippen LogP contribution in [0, 0.1) is 12.8 Å². The summed E-state index contributed by atoms with van der Waals surface area (Å²) in [4.78, 5) is 46.7. The molecule has 5 rings (SSSR count). The zero-order valence-corrected chi connectivity index (χ0v) is 19.6. The summed E-state index contributed by atoms with van der Waals surface area (Å²) in [6.45, 7) is 7.19. The summed E-state index contributed by atoms with van der Waals surface area (Å²) in [7, 11) is 0. The first-order chi connectivity index (χ1) is 16.0. The van der Waals surface area contributed by atoms with Crippen molar-refractivity contribution in [1.82, 2.24) is 25.4 Å². The molecule has 0 aliphatic carbocycles. The zero-order chi connectivity index (χ0) is 22.9. The Morgan fingerprint density at radius 1 is 1.21 bits per heavy atom. The summed E-state index contributed by atoms with van der Waals surface area (Å²) >= 11 is 1.69. The second-order valence-corrected chi connectivity index (χ2v) is 10.2. The molecule has 8 nitrogen and oxygen atoms in total. The molecule has 174 valence electrons. The molecular weight excluding hydrogens is 438 g/mol. The molecule has 33 heavy (non-hydrogen) atoms. The van der Waals surface area contributed by atoms with E-state index in [-0.39, 0.29) is 24.1 Å². The van der Waals surface area contributed by atoms with E-state index in [0.29, 0.717) is 24.4 Å². The molecule has 2 unspecified atom stereocenters. The van der Waals surface area contributed by atoms with E-state index in [4.69, 9.17) is 0 Å². The number of nitrogens with one attached hydrogen (secondary N) is 2. The molecule has 3 aliphatic heterocycles. The van der Waals surface area contributed by atoms with Crippen molar-refractivity contribution in [3.63, 3.8) is 0 Å². The van der Waals surface area contributed by atoms with E-state index in [0.717, 1.165) is 49.5 Å². The van der Waals surface area contributed by atoms with Crippen molar-refractivity contribution in [2.24, 2.45) is 5.92 Å². The van der Waals surface area contributed by atoms with Gasteiger partial charge in [-0.15, -0.1) is 11.3 Å². The van der Waals surface area contributed by atoms with E-state index in [1.807, 2.05) is 17.6 Å². The first-order valence-corrected chi connectivity index (χ1v) is 12.4. The van der Waals surface area contributed by atoms with Gasteiger partial charge in [-0.25, -0.2) is 4.98 Å². The van der Waals surface area contributed by atoms with Crippen LogP contribution in [0.3, 0.4) is 0 Å². The largest absolute Gasteiger partial charge is 0.322 e. The minimum Gasteiger partial charge on any atom is -0.322 e. The lowest BCUT2D eigenvalue weighted by Crippen LogP contribution is -2.52. The number of hydrogen-bond acceptors (Lipinski definition) is 7. The molecule has 2 aromatic rings. The van der Waals surface area contributed by atoms with Crippen LogP contribution < -0.4 is 10.6 Å². The van der Waals surface area contributed by atoms with Gasteiger partial charge in [0.2, 0.25) is 11.8 Å². The maximum atomic E-state index is 13.2. The number of benzene rings is 1. The fraction of sp³-hybridized carbons (Fsp3) is 0.500. The average Bonchev–Trinajstić information content (AvgIpc) is 3.51. The maximum Gasteiger partial charge on any atom is 0.255 e. The molecule has 3 aliphatic rings. The van der Waals surface area contributed by atoms with Gasteiger partial charge < -0.3 is 10.2 Å². The van der Waals surface area contributed by atoms with Gasteiger partial charge in [-0.3, -0.25) is 24.6 Å². The number of hydrogen-bond donors (Lipinski definition) is 2. The van der Waals surface area contributed by atoms with Crippen molar-refractivity contribution < 1.29 is 14.4 Å². The standard InChI is InChI=1S/C24H29N5O3S/c1-15-21(33-14-26-15)13-28(11-17-6-7-25-9-17)10-16-2-3-18-12-29(24(32)19(18)8-16)20-4-5-22(30)27-23(20)31/h2-3,8,14,17,20,25H,4-7,9-13H2,1H3,(H,27,30,31). The highest BCUT2D eigenvalue weighted by Crippen LogP contribution is 2.29. The third kappa shape index (κ3) is 4.71. The summed E-state index contributed by atoms with van der Waals surface area (Å²) in [5.74, 6) is -0.135. The van der Waals surface area contributed by atoms with Gasteiger partial charge >= 0.3 is 0 Å². The molecule has 2 fully saturated rings. The van der Waals surface area contributed by atoms with Crippen molar-refractivity contribution in [3.8, 4) is 0 Å². The van der Waals surface area contributed by atoms with Gasteiger partial charge in [-0.05, 0) is 56.0 Å². The zero-order valence-electron chi connectivity index (χ0n) is 18.8. The summed E-state index contributed by atoms with van der Waals surface area (Å²) in [5.41, 5.74) is 5.70. The van der Waals surface area contributed by atoms with Gasteiger partial charge in [-0.1, -0.05) is 12.1 Å². The number of piperidine rings is 1. The topological polar surface area (TPSA) is 94.6 Å². The van der Waals surface area contributed by atoms with E-state index in [1.54, 1.807) is 16.2 Å². The predicted octanol–water partition coefficient (Wildman–Crippen LogP) is 1.82. The number of fused-ring (bicyclic) bond motifs is 1. The number of nitrogens with zero attached hydrogens (tertiary/aromatic N) is 3. The number of aryl methyl sites for hydroxylation is 1. The quantitative estimate of drug-likeness (QED) is 0.604. The third-order valence-corrected chi connectivity index (χ3v) is 7.81. The fourth-order valence-electron chi connectivity index (χ4n) is 5.06. The molecule has 9 heteroatoms. The van der Waals surface area contributed by atoms with E-state index in [2.05, 4.69) is 33.5 Å². The number of thiazole rings is 1. The van der Waals surface area contributed by atoms with E-state index in [9.17, 15) is 14.4 Å². The highest BCUT2D eigenvalue weighted by atomic mass is 32.1. The minimum absolute atomic E-state index is 0.119. The summed E-state index contributed by atoms with van der Waals surface area (Å²) < 4.78 is 0. The van der Waals surface area contributed by atoms with Crippen molar-refractivity contribution in [3.05, 3.63) is 51.0 Å². The van der Waals surface area contributed by atoms with Crippen LogP contribution in [0.4, 0.5) is 0 Å². The van der Waals surface area contributed by atoms with Crippen molar-refractivity contribution in [2.45, 2.75) is 51.9 Å². The molecule has 0 spiro atoms. The first-order valence-electron chi connectivity index (χ1n) is 11.6. The van der Waals surface area contributed by atoms with Crippen molar-refractivity contribution in [2.75, 3.05) is 19.6 Å². The van der Waals surface area contributed by atoms with Gasteiger partial charge in [-0.2, -0.15) is 0 Å². The highest BCUT2D eigenvalue weighted by molar-refractivity contribution is 7.09. The minimum atomic E-state index is -0.577. The van der Waals surface area contributed by atoms with Gasteiger partial charge in [0.1, 0.15) is 6.04 Å². The molecule has 0 saturated carbocycles. The molecule has 2 atom stereocenters. The van der Waals surface area contributed by atoms with Crippen LogP contribution in [0.15, 0.2) is 23.7 Å². The molecular formula is C24H29N5O3S. The van der Waals surface area contributed by atoms with Gasteiger partial charge in [0.15, 0.2) is 0 Å². The number of amides is 3. The van der Waals surface area contributed by atoms with Crippen molar-refractivity contribution in [1.29, 1.82) is 0 Å². The summed E-state index contributed by atoms with van der Waals surface area (Å²) in [6, 6.07) is 5.52. The van der Waals surface area contributed by atoms with Crippen LogP contribution >= 0.6 is 11.3 Å². The molecule has 1 aromatic heterocycles. The predicted molar refractivity (Wildman–Crippen MR) is 124 cm³/mol. The number of aromatic nitrogens is 1. The fourth-order valence-corrected chi connectivity index (χ4v) is 5.88. The molecule has 1 aromatic carbocycles. The lowest BCUT2D eigenvalue weighted by Gasteiger charge is -2.29. The SMILES string of the molecule is Cc1ncsc1CN(Cc1ccc2c(c1)C(=O)N(C1CCC(=O)NC1=O)C2)CC1CCNC1. The number of imide groups is 1. The normalized spacial score (nSPS) is 22.8. The average molecular weight is 468 g/mol. The van der Waals surface area contributed by atoms with Crippen LogP contribution in [0.5, 0.6) is 0 Å². The molecule has 2 saturated heterocycles. The van der Waals surface area contributed by atoms with Gasteiger partial charge in [0, 0.05) is 43.0 Å². The van der Waals surface area contributed by atoms with E-state index < -0.39 is 6.04 Å². The van der Waals surface area contributed by atoms with Crippen LogP contribution in [0.1, 0.15) is 51.3 Å². The Kier molecular flexibility index (Phi) is 6.27. The Labute approximate surface area is 197 Å². The number of carbonyl (C=O) groups excluding carboxylic acids is 3. The van der Waals surface area contributed by atoms with E-state index in [1.165, 1.54) is 11.3 Å². The second-order valence-electron chi connectivity index (χ2n) is 9.28. The molecule has 2 N–H and O–H groups in total. The van der Waals surface area contributed by atoms with Crippen LogP contribution in [-0.2, 0) is 29.2 Å². The van der Waals surface area contributed by atoms with Gasteiger partial charge in [0.25, 0.3) is 5.91 Å². The Bertz CT molecular complexity index is 1080. The molecule has 0 bridgehead atoms. The Balaban J connectivity index is 1.32. The van der Waals surface area contributed by atoms with Crippen LogP contribution in [0.2, 0.25) is 0 Å². The Hall–Kier alpha value is -2.62. The molecule has 4 heterocycles. The smallest absolute Gasteiger partial charge is 0.255 e.